The largest absolute Gasteiger partial charge is 0.481 e. The van der Waals surface area contributed by atoms with Crippen molar-refractivity contribution < 1.29 is 23.1 Å². The Labute approximate surface area is 154 Å². The Balaban J connectivity index is 1.69. The second kappa shape index (κ2) is 7.29. The average molecular weight is 384 g/mol. The lowest BCUT2D eigenvalue weighted by atomic mass is 9.96. The van der Waals surface area contributed by atoms with Gasteiger partial charge in [0.05, 0.1) is 11.8 Å². The molecular formula is C19H17ClF3NO2. The summed E-state index contributed by atoms with van der Waals surface area (Å²) >= 11 is 5.87. The van der Waals surface area contributed by atoms with E-state index in [1.165, 1.54) is 0 Å². The number of benzene rings is 2. The maximum absolute atomic E-state index is 13.1. The van der Waals surface area contributed by atoms with Gasteiger partial charge in [-0.1, -0.05) is 48.0 Å². The second-order valence-electron chi connectivity index (χ2n) is 6.49. The summed E-state index contributed by atoms with van der Waals surface area (Å²) in [6.07, 6.45) is -4.50. The third-order valence-corrected chi connectivity index (χ3v) is 4.92. The zero-order valence-electron chi connectivity index (χ0n) is 13.7. The normalized spacial score (nSPS) is 21.1. The smallest absolute Gasteiger partial charge is 0.393 e. The van der Waals surface area contributed by atoms with Gasteiger partial charge >= 0.3 is 12.1 Å². The lowest BCUT2D eigenvalue weighted by Gasteiger charge is -2.18. The van der Waals surface area contributed by atoms with E-state index in [1.807, 2.05) is 36.4 Å². The fourth-order valence-electron chi connectivity index (χ4n) is 3.30. The van der Waals surface area contributed by atoms with Gasteiger partial charge in [-0.15, -0.1) is 0 Å². The van der Waals surface area contributed by atoms with Crippen LogP contribution in [-0.2, 0) is 11.3 Å². The highest BCUT2D eigenvalue weighted by atomic mass is 35.5. The van der Waals surface area contributed by atoms with Gasteiger partial charge in [-0.2, -0.15) is 13.2 Å². The van der Waals surface area contributed by atoms with Crippen LogP contribution in [0.25, 0.3) is 11.1 Å². The van der Waals surface area contributed by atoms with Gasteiger partial charge in [0.15, 0.2) is 0 Å². The fourth-order valence-corrected chi connectivity index (χ4v) is 3.43. The lowest BCUT2D eigenvalue weighted by Crippen LogP contribution is -2.33. The fraction of sp³-hybridized carbons (Fsp3) is 0.316. The van der Waals surface area contributed by atoms with Gasteiger partial charge in [0.25, 0.3) is 0 Å². The Morgan fingerprint density at radius 1 is 1.04 bits per heavy atom. The van der Waals surface area contributed by atoms with Crippen molar-refractivity contribution in [1.29, 1.82) is 0 Å². The van der Waals surface area contributed by atoms with E-state index in [0.717, 1.165) is 16.7 Å². The molecule has 2 atom stereocenters. The minimum absolute atomic E-state index is 0.0988. The molecule has 0 aliphatic carbocycles. The highest BCUT2D eigenvalue weighted by Crippen LogP contribution is 2.38. The molecule has 1 aliphatic heterocycles. The average Bonchev–Trinajstić information content (AvgIpc) is 3.01. The molecule has 0 radical (unpaired) electrons. The van der Waals surface area contributed by atoms with Crippen molar-refractivity contribution in [2.24, 2.45) is 11.8 Å². The lowest BCUT2D eigenvalue weighted by molar-refractivity contribution is -0.188. The Morgan fingerprint density at radius 2 is 1.58 bits per heavy atom. The molecule has 0 unspecified atom stereocenters. The minimum Gasteiger partial charge on any atom is -0.481 e. The third-order valence-electron chi connectivity index (χ3n) is 4.67. The maximum Gasteiger partial charge on any atom is 0.393 e. The predicted molar refractivity (Wildman–Crippen MR) is 92.8 cm³/mol. The summed E-state index contributed by atoms with van der Waals surface area (Å²) in [5.41, 5.74) is 2.81. The van der Waals surface area contributed by atoms with Gasteiger partial charge < -0.3 is 5.11 Å². The van der Waals surface area contributed by atoms with Crippen LogP contribution in [0.3, 0.4) is 0 Å². The summed E-state index contributed by atoms with van der Waals surface area (Å²) in [6.45, 7) is -0.102. The molecule has 1 aliphatic rings. The number of hydrogen-bond donors (Lipinski definition) is 1. The van der Waals surface area contributed by atoms with Gasteiger partial charge in [0.1, 0.15) is 0 Å². The molecular weight excluding hydrogens is 367 g/mol. The van der Waals surface area contributed by atoms with Crippen molar-refractivity contribution in [3.05, 3.63) is 59.1 Å². The van der Waals surface area contributed by atoms with E-state index in [1.54, 1.807) is 17.0 Å². The number of alkyl halides is 3. The molecule has 1 N–H and O–H groups in total. The van der Waals surface area contributed by atoms with Crippen molar-refractivity contribution >= 4 is 17.6 Å². The number of hydrogen-bond acceptors (Lipinski definition) is 2. The first-order chi connectivity index (χ1) is 12.2. The minimum atomic E-state index is -4.50. The van der Waals surface area contributed by atoms with E-state index in [4.69, 9.17) is 16.7 Å². The summed E-state index contributed by atoms with van der Waals surface area (Å²) in [5.74, 6) is -4.63. The number of carbonyl (C=O) groups is 1. The molecule has 0 bridgehead atoms. The van der Waals surface area contributed by atoms with Crippen molar-refractivity contribution in [3.8, 4) is 11.1 Å². The predicted octanol–water partition coefficient (Wildman–Crippen LogP) is 4.70. The van der Waals surface area contributed by atoms with Gasteiger partial charge in [0.2, 0.25) is 0 Å². The molecule has 3 rings (SSSR count). The van der Waals surface area contributed by atoms with Crippen LogP contribution in [-0.4, -0.2) is 35.2 Å². The van der Waals surface area contributed by atoms with E-state index in [0.29, 0.717) is 5.02 Å². The summed E-state index contributed by atoms with van der Waals surface area (Å²) in [5, 5.41) is 9.72. The molecule has 3 nitrogen and oxygen atoms in total. The number of carboxylic acids is 1. The molecule has 2 aromatic rings. The van der Waals surface area contributed by atoms with Crippen LogP contribution in [0.4, 0.5) is 13.2 Å². The zero-order valence-corrected chi connectivity index (χ0v) is 14.5. The van der Waals surface area contributed by atoms with Gasteiger partial charge in [-0.25, -0.2) is 0 Å². The van der Waals surface area contributed by atoms with E-state index in [-0.39, 0.29) is 19.6 Å². The van der Waals surface area contributed by atoms with E-state index < -0.39 is 24.0 Å². The van der Waals surface area contributed by atoms with E-state index in [2.05, 4.69) is 0 Å². The molecule has 138 valence electrons. The maximum atomic E-state index is 13.1. The molecule has 0 spiro atoms. The highest BCUT2D eigenvalue weighted by molar-refractivity contribution is 6.30. The van der Waals surface area contributed by atoms with Crippen LogP contribution in [0.15, 0.2) is 48.5 Å². The number of halogens is 4. The molecule has 1 fully saturated rings. The summed E-state index contributed by atoms with van der Waals surface area (Å²) in [4.78, 5) is 12.7. The number of likely N-dealkylation sites (tertiary alicyclic amines) is 1. The van der Waals surface area contributed by atoms with Gasteiger partial charge in [-0.3, -0.25) is 9.69 Å². The van der Waals surface area contributed by atoms with Gasteiger partial charge in [-0.05, 0) is 28.8 Å². The van der Waals surface area contributed by atoms with Crippen LogP contribution >= 0.6 is 11.6 Å². The molecule has 7 heteroatoms. The Kier molecular flexibility index (Phi) is 5.25. The molecule has 26 heavy (non-hydrogen) atoms. The quantitative estimate of drug-likeness (QED) is 0.831. The SMILES string of the molecule is O=C(O)[C@@H]1CN(Cc2ccc(-c3ccc(Cl)cc3)cc2)C[C@H]1C(F)(F)F. The number of rotatable bonds is 4. The zero-order chi connectivity index (χ0) is 18.9. The molecule has 0 aromatic heterocycles. The topological polar surface area (TPSA) is 40.5 Å². The molecule has 0 amide bonds. The van der Waals surface area contributed by atoms with Gasteiger partial charge in [0, 0.05) is 24.7 Å². The van der Waals surface area contributed by atoms with Crippen molar-refractivity contribution in [2.45, 2.75) is 12.7 Å². The Morgan fingerprint density at radius 3 is 2.04 bits per heavy atom. The van der Waals surface area contributed by atoms with E-state index in [9.17, 15) is 18.0 Å². The van der Waals surface area contributed by atoms with Crippen LogP contribution in [0.1, 0.15) is 5.56 Å². The first-order valence-corrected chi connectivity index (χ1v) is 8.48. The van der Waals surface area contributed by atoms with Crippen molar-refractivity contribution in [3.63, 3.8) is 0 Å². The van der Waals surface area contributed by atoms with Crippen molar-refractivity contribution in [2.75, 3.05) is 13.1 Å². The van der Waals surface area contributed by atoms with E-state index >= 15 is 0 Å². The summed E-state index contributed by atoms with van der Waals surface area (Å²) in [7, 11) is 0. The molecule has 1 heterocycles. The standard InChI is InChI=1S/C19H17ClF3NO2/c20-15-7-5-14(6-8-15)13-3-1-12(2-4-13)9-24-10-16(18(25)26)17(11-24)19(21,22)23/h1-8,16-17H,9-11H2,(H,25,26)/t16-,17-/m1/s1. The number of nitrogens with zero attached hydrogens (tertiary/aromatic N) is 1. The van der Waals surface area contributed by atoms with Crippen LogP contribution in [0, 0.1) is 11.8 Å². The highest BCUT2D eigenvalue weighted by Gasteiger charge is 2.52. The Bertz CT molecular complexity index is 775. The summed E-state index contributed by atoms with van der Waals surface area (Å²) < 4.78 is 39.2. The van der Waals surface area contributed by atoms with Crippen LogP contribution in [0.5, 0.6) is 0 Å². The second-order valence-corrected chi connectivity index (χ2v) is 6.93. The summed E-state index contributed by atoms with van der Waals surface area (Å²) in [6, 6.07) is 14.8. The first kappa shape index (κ1) is 18.7. The first-order valence-electron chi connectivity index (χ1n) is 8.11. The monoisotopic (exact) mass is 383 g/mol. The van der Waals surface area contributed by atoms with Crippen LogP contribution < -0.4 is 0 Å². The Hall–Kier alpha value is -2.05. The number of aliphatic carboxylic acids is 1. The number of carboxylic acid groups (broad SMARTS) is 1. The van der Waals surface area contributed by atoms with Crippen molar-refractivity contribution in [1.82, 2.24) is 4.90 Å². The third kappa shape index (κ3) is 4.19. The molecule has 0 saturated carbocycles. The molecule has 1 saturated heterocycles. The van der Waals surface area contributed by atoms with Crippen LogP contribution in [0.2, 0.25) is 5.02 Å². The molecule has 2 aromatic carbocycles.